The molecule has 1 amide bonds. The lowest BCUT2D eigenvalue weighted by Crippen LogP contribution is -2.30. The molecule has 4 rings (SSSR count). The molecule has 0 saturated carbocycles. The Hall–Kier alpha value is -3.90. The first-order valence-electron chi connectivity index (χ1n) is 10.4. The first-order valence-corrected chi connectivity index (χ1v) is 10.8. The third kappa shape index (κ3) is 6.08. The number of hydrogen-bond donors (Lipinski definition) is 0. The molecule has 0 N–H and O–H groups in total. The van der Waals surface area contributed by atoms with E-state index in [-0.39, 0.29) is 12.5 Å². The number of carbonyl (C=O) groups excluding carboxylic acids is 1. The zero-order valence-electron chi connectivity index (χ0n) is 18.0. The van der Waals surface area contributed by atoms with Crippen molar-refractivity contribution < 1.29 is 9.53 Å². The van der Waals surface area contributed by atoms with Gasteiger partial charge in [-0.1, -0.05) is 36.4 Å². The minimum atomic E-state index is -0.0652. The molecule has 4 aromatic rings. The van der Waals surface area contributed by atoms with Gasteiger partial charge in [0, 0.05) is 48.5 Å². The predicted octanol–water partition coefficient (Wildman–Crippen LogP) is 5.24. The highest BCUT2D eigenvalue weighted by Gasteiger charge is 2.17. The molecule has 0 aliphatic rings. The van der Waals surface area contributed by atoms with Crippen LogP contribution in [0.5, 0.6) is 5.75 Å². The fraction of sp³-hybridized carbons (Fsp3) is 0.115. The molecule has 0 saturated heterocycles. The monoisotopic (exact) mass is 458 g/mol. The minimum absolute atomic E-state index is 0.0652. The van der Waals surface area contributed by atoms with Crippen molar-refractivity contribution in [3.05, 3.63) is 120 Å². The molecule has 33 heavy (non-hydrogen) atoms. The largest absolute Gasteiger partial charge is 0.488 e. The van der Waals surface area contributed by atoms with Crippen LogP contribution in [0.25, 0.3) is 5.69 Å². The molecule has 6 nitrogen and oxygen atoms in total. The Morgan fingerprint density at radius 1 is 0.970 bits per heavy atom. The highest BCUT2D eigenvalue weighted by atomic mass is 35.5. The highest BCUT2D eigenvalue weighted by molar-refractivity contribution is 6.29. The summed E-state index contributed by atoms with van der Waals surface area (Å²) >= 11 is 5.76. The van der Waals surface area contributed by atoms with Crippen LogP contribution in [0.1, 0.15) is 21.5 Å². The minimum Gasteiger partial charge on any atom is -0.488 e. The van der Waals surface area contributed by atoms with Gasteiger partial charge in [0.05, 0.1) is 5.69 Å². The Morgan fingerprint density at radius 2 is 1.73 bits per heavy atom. The zero-order chi connectivity index (χ0) is 23.0. The normalized spacial score (nSPS) is 10.6. The summed E-state index contributed by atoms with van der Waals surface area (Å²) in [7, 11) is 0. The van der Waals surface area contributed by atoms with E-state index >= 15 is 0 Å². The lowest BCUT2D eigenvalue weighted by molar-refractivity contribution is 0.0730. The number of amides is 1. The van der Waals surface area contributed by atoms with E-state index in [0.29, 0.717) is 29.4 Å². The summed E-state index contributed by atoms with van der Waals surface area (Å²) in [6.45, 7) is 4.76. The number of benzene rings is 2. The van der Waals surface area contributed by atoms with Crippen molar-refractivity contribution in [3.63, 3.8) is 0 Å². The van der Waals surface area contributed by atoms with Crippen molar-refractivity contribution in [1.29, 1.82) is 0 Å². The van der Waals surface area contributed by atoms with Crippen LogP contribution in [-0.4, -0.2) is 32.2 Å². The summed E-state index contributed by atoms with van der Waals surface area (Å²) in [5.74, 6) is 0.629. The van der Waals surface area contributed by atoms with E-state index in [0.717, 1.165) is 16.8 Å². The number of aromatic nitrogens is 3. The summed E-state index contributed by atoms with van der Waals surface area (Å²) in [6, 6.07) is 20.7. The number of carbonyl (C=O) groups is 1. The topological polar surface area (TPSA) is 60.2 Å². The number of halogens is 1. The summed E-state index contributed by atoms with van der Waals surface area (Å²) in [5, 5.41) is 4.67. The molecule has 2 aromatic carbocycles. The number of rotatable bonds is 9. The highest BCUT2D eigenvalue weighted by Crippen LogP contribution is 2.19. The first kappa shape index (κ1) is 22.3. The molecular weight excluding hydrogens is 436 g/mol. The van der Waals surface area contributed by atoms with Crippen LogP contribution in [0.4, 0.5) is 0 Å². The van der Waals surface area contributed by atoms with Crippen LogP contribution in [0.3, 0.4) is 0 Å². The smallest absolute Gasteiger partial charge is 0.254 e. The molecule has 0 aliphatic heterocycles. The van der Waals surface area contributed by atoms with Gasteiger partial charge in [0.1, 0.15) is 12.4 Å². The van der Waals surface area contributed by atoms with Crippen LogP contribution in [0.2, 0.25) is 0 Å². The van der Waals surface area contributed by atoms with Crippen molar-refractivity contribution in [1.82, 2.24) is 19.7 Å². The molecule has 166 valence electrons. The standard InChI is InChI=1S/C26H23ClN4O2/c1-20(27)19-33-25-11-5-21(6-12-25)17-30(18-22-4-2-13-28-16-22)26(32)23-7-9-24(10-8-23)31-15-3-14-29-31/h2-16H,1,17-19H2. The summed E-state index contributed by atoms with van der Waals surface area (Å²) in [4.78, 5) is 19.4. The van der Waals surface area contributed by atoms with E-state index in [1.54, 1.807) is 28.2 Å². The van der Waals surface area contributed by atoms with Crippen molar-refractivity contribution in [2.24, 2.45) is 0 Å². The SMILES string of the molecule is C=C(Cl)COc1ccc(CN(Cc2cccnc2)C(=O)c2ccc(-n3cccn3)cc2)cc1. The molecule has 0 atom stereocenters. The van der Waals surface area contributed by atoms with E-state index in [9.17, 15) is 4.79 Å². The van der Waals surface area contributed by atoms with Gasteiger partial charge in [0.15, 0.2) is 0 Å². The van der Waals surface area contributed by atoms with Crippen LogP contribution >= 0.6 is 11.6 Å². The molecule has 0 unspecified atom stereocenters. The second-order valence-corrected chi connectivity index (χ2v) is 8.00. The molecule has 2 aromatic heterocycles. The fourth-order valence-corrected chi connectivity index (χ4v) is 3.40. The molecule has 0 radical (unpaired) electrons. The number of nitrogens with zero attached hydrogens (tertiary/aromatic N) is 4. The summed E-state index contributed by atoms with van der Waals surface area (Å²) < 4.78 is 7.31. The lowest BCUT2D eigenvalue weighted by Gasteiger charge is -2.23. The number of ether oxygens (including phenoxy) is 1. The number of hydrogen-bond acceptors (Lipinski definition) is 4. The van der Waals surface area contributed by atoms with Gasteiger partial charge in [-0.05, 0) is 59.7 Å². The summed E-state index contributed by atoms with van der Waals surface area (Å²) in [5.41, 5.74) is 3.44. The van der Waals surface area contributed by atoms with Crippen LogP contribution in [0.15, 0.2) is 103 Å². The van der Waals surface area contributed by atoms with Gasteiger partial charge in [-0.3, -0.25) is 9.78 Å². The molecule has 0 aliphatic carbocycles. The van der Waals surface area contributed by atoms with Crippen molar-refractivity contribution in [2.45, 2.75) is 13.1 Å². The second-order valence-electron chi connectivity index (χ2n) is 7.47. The van der Waals surface area contributed by atoms with Gasteiger partial charge >= 0.3 is 0 Å². The Balaban J connectivity index is 1.53. The molecule has 2 heterocycles. The maximum absolute atomic E-state index is 13.4. The first-order chi connectivity index (χ1) is 16.1. The third-order valence-electron chi connectivity index (χ3n) is 4.96. The molecule has 0 bridgehead atoms. The Kier molecular flexibility index (Phi) is 7.17. The molecular formula is C26H23ClN4O2. The average molecular weight is 459 g/mol. The van der Waals surface area contributed by atoms with Gasteiger partial charge in [0.2, 0.25) is 0 Å². The average Bonchev–Trinajstić information content (AvgIpc) is 3.39. The van der Waals surface area contributed by atoms with E-state index < -0.39 is 0 Å². The van der Waals surface area contributed by atoms with E-state index in [1.165, 1.54) is 0 Å². The van der Waals surface area contributed by atoms with Gasteiger partial charge in [-0.2, -0.15) is 5.10 Å². The van der Waals surface area contributed by atoms with Crippen molar-refractivity contribution in [2.75, 3.05) is 6.61 Å². The molecule has 0 spiro atoms. The fourth-order valence-electron chi connectivity index (χ4n) is 3.35. The summed E-state index contributed by atoms with van der Waals surface area (Å²) in [6.07, 6.45) is 7.08. The van der Waals surface area contributed by atoms with Gasteiger partial charge < -0.3 is 9.64 Å². The van der Waals surface area contributed by atoms with Gasteiger partial charge in [-0.15, -0.1) is 0 Å². The maximum Gasteiger partial charge on any atom is 0.254 e. The third-order valence-corrected chi connectivity index (χ3v) is 5.07. The Bertz CT molecular complexity index is 1190. The van der Waals surface area contributed by atoms with Crippen LogP contribution in [-0.2, 0) is 13.1 Å². The van der Waals surface area contributed by atoms with E-state index in [2.05, 4.69) is 16.7 Å². The van der Waals surface area contributed by atoms with E-state index in [1.807, 2.05) is 72.9 Å². The Morgan fingerprint density at radius 3 is 2.36 bits per heavy atom. The maximum atomic E-state index is 13.4. The van der Waals surface area contributed by atoms with Gasteiger partial charge in [-0.25, -0.2) is 4.68 Å². The zero-order valence-corrected chi connectivity index (χ0v) is 18.7. The van der Waals surface area contributed by atoms with Crippen LogP contribution in [0, 0.1) is 0 Å². The predicted molar refractivity (Wildman–Crippen MR) is 128 cm³/mol. The molecule has 7 heteroatoms. The second kappa shape index (κ2) is 10.6. The number of pyridine rings is 1. The van der Waals surface area contributed by atoms with E-state index in [4.69, 9.17) is 16.3 Å². The molecule has 0 fully saturated rings. The van der Waals surface area contributed by atoms with Crippen molar-refractivity contribution >= 4 is 17.5 Å². The lowest BCUT2D eigenvalue weighted by atomic mass is 10.1. The van der Waals surface area contributed by atoms with Crippen molar-refractivity contribution in [3.8, 4) is 11.4 Å². The quantitative estimate of drug-likeness (QED) is 0.344. The van der Waals surface area contributed by atoms with Crippen LogP contribution < -0.4 is 4.74 Å². The van der Waals surface area contributed by atoms with Gasteiger partial charge in [0.25, 0.3) is 5.91 Å². The Labute approximate surface area is 197 Å².